The third-order valence-electron chi connectivity index (χ3n) is 2.84. The van der Waals surface area contributed by atoms with Crippen molar-refractivity contribution in [1.29, 1.82) is 0 Å². The molecule has 1 saturated heterocycles. The van der Waals surface area contributed by atoms with E-state index in [0.717, 1.165) is 11.5 Å². The number of aromatic carboxylic acids is 1. The van der Waals surface area contributed by atoms with E-state index in [2.05, 4.69) is 25.2 Å². The molecule has 0 saturated carbocycles. The number of likely N-dealkylation sites (tertiary alicyclic amines) is 1. The van der Waals surface area contributed by atoms with Crippen molar-refractivity contribution < 1.29 is 14.7 Å². The predicted octanol–water partition coefficient (Wildman–Crippen LogP) is -0.0834. The fourth-order valence-electron chi connectivity index (χ4n) is 1.75. The summed E-state index contributed by atoms with van der Waals surface area (Å²) in [4.78, 5) is 24.1. The van der Waals surface area contributed by atoms with E-state index in [0.29, 0.717) is 18.1 Å². The van der Waals surface area contributed by atoms with Crippen LogP contribution >= 0.6 is 11.5 Å². The molecule has 2 N–H and O–H groups in total. The van der Waals surface area contributed by atoms with Gasteiger partial charge in [0.15, 0.2) is 5.69 Å². The van der Waals surface area contributed by atoms with Crippen molar-refractivity contribution >= 4 is 28.5 Å². The van der Waals surface area contributed by atoms with Crippen LogP contribution in [-0.2, 0) is 0 Å². The topological polar surface area (TPSA) is 126 Å². The van der Waals surface area contributed by atoms with E-state index in [-0.39, 0.29) is 17.8 Å². The summed E-state index contributed by atoms with van der Waals surface area (Å²) in [6, 6.07) is -0.299. The van der Waals surface area contributed by atoms with Crippen molar-refractivity contribution in [2.45, 2.75) is 6.04 Å². The van der Waals surface area contributed by atoms with Crippen molar-refractivity contribution in [2.24, 2.45) is 0 Å². The number of nitrogens with zero attached hydrogens (tertiary/aromatic N) is 6. The third-order valence-corrected chi connectivity index (χ3v) is 3.42. The van der Waals surface area contributed by atoms with Crippen LogP contribution < -0.4 is 5.32 Å². The number of aromatic nitrogens is 5. The Balaban J connectivity index is 1.55. The molecule has 2 aromatic heterocycles. The monoisotopic (exact) mass is 295 g/mol. The maximum absolute atomic E-state index is 11.8. The summed E-state index contributed by atoms with van der Waals surface area (Å²) in [6.07, 6.45) is 2.83. The number of carbonyl (C=O) groups is 2. The highest BCUT2D eigenvalue weighted by molar-refractivity contribution is 7.10. The van der Waals surface area contributed by atoms with E-state index in [9.17, 15) is 9.59 Å². The van der Waals surface area contributed by atoms with Gasteiger partial charge < -0.3 is 10.0 Å². The van der Waals surface area contributed by atoms with Crippen LogP contribution in [-0.4, -0.2) is 59.7 Å². The zero-order valence-electron chi connectivity index (χ0n) is 10.0. The van der Waals surface area contributed by atoms with Gasteiger partial charge in [0.2, 0.25) is 0 Å². The molecule has 2 amide bonds. The molecule has 0 aromatic carbocycles. The van der Waals surface area contributed by atoms with Crippen molar-refractivity contribution in [2.75, 3.05) is 18.4 Å². The molecule has 1 aliphatic rings. The third kappa shape index (κ3) is 2.30. The van der Waals surface area contributed by atoms with Gasteiger partial charge in [-0.3, -0.25) is 5.32 Å². The number of hydrogen-bond acceptors (Lipinski definition) is 7. The lowest BCUT2D eigenvalue weighted by Crippen LogP contribution is -2.52. The number of hydrogen-bond donors (Lipinski definition) is 2. The smallest absolute Gasteiger partial charge is 0.358 e. The number of carboxylic acid groups (broad SMARTS) is 1. The molecule has 0 radical (unpaired) electrons. The highest BCUT2D eigenvalue weighted by Gasteiger charge is 2.33. The molecule has 3 rings (SSSR count). The van der Waals surface area contributed by atoms with Crippen molar-refractivity contribution in [3.05, 3.63) is 18.1 Å². The quantitative estimate of drug-likeness (QED) is 0.810. The largest absolute Gasteiger partial charge is 0.476 e. The van der Waals surface area contributed by atoms with Crippen molar-refractivity contribution in [1.82, 2.24) is 29.5 Å². The molecule has 20 heavy (non-hydrogen) atoms. The second kappa shape index (κ2) is 4.85. The molecular weight excluding hydrogens is 286 g/mol. The Morgan fingerprint density at radius 1 is 1.45 bits per heavy atom. The molecular formula is C9H9N7O3S. The summed E-state index contributed by atoms with van der Waals surface area (Å²) in [7, 11) is 0. The first kappa shape index (κ1) is 12.5. The van der Waals surface area contributed by atoms with Crippen LogP contribution in [0.3, 0.4) is 0 Å². The standard InChI is InChI=1S/C9H9N7O3S/c17-8(18)6-4-16(13-12-6)5-2-15(3-5)9(19)11-7-1-10-14-20-7/h1,4-5H,2-3H2,(H,11,19)(H,17,18). The number of rotatable bonds is 3. The second-order valence-electron chi connectivity index (χ2n) is 4.16. The van der Waals surface area contributed by atoms with Gasteiger partial charge in [-0.1, -0.05) is 9.70 Å². The molecule has 0 spiro atoms. The fraction of sp³-hybridized carbons (Fsp3) is 0.333. The number of anilines is 1. The molecule has 1 fully saturated rings. The van der Waals surface area contributed by atoms with Crippen LogP contribution in [0.15, 0.2) is 12.4 Å². The van der Waals surface area contributed by atoms with Gasteiger partial charge in [0, 0.05) is 24.6 Å². The minimum Gasteiger partial charge on any atom is -0.476 e. The first-order valence-corrected chi connectivity index (χ1v) is 6.39. The molecule has 2 aromatic rings. The zero-order chi connectivity index (χ0) is 14.1. The minimum atomic E-state index is -1.12. The first-order chi connectivity index (χ1) is 9.63. The lowest BCUT2D eigenvalue weighted by atomic mass is 10.1. The van der Waals surface area contributed by atoms with Gasteiger partial charge in [0.05, 0.1) is 18.4 Å². The van der Waals surface area contributed by atoms with Gasteiger partial charge in [-0.05, 0) is 0 Å². The van der Waals surface area contributed by atoms with Crippen LogP contribution in [0.2, 0.25) is 0 Å². The van der Waals surface area contributed by atoms with Crippen molar-refractivity contribution in [3.8, 4) is 0 Å². The molecule has 0 aliphatic carbocycles. The highest BCUT2D eigenvalue weighted by Crippen LogP contribution is 2.21. The van der Waals surface area contributed by atoms with Crippen molar-refractivity contribution in [3.63, 3.8) is 0 Å². The lowest BCUT2D eigenvalue weighted by molar-refractivity contribution is 0.0690. The van der Waals surface area contributed by atoms with Crippen LogP contribution in [0, 0.1) is 0 Å². The normalized spacial score (nSPS) is 14.9. The number of nitrogens with one attached hydrogen (secondary N) is 1. The van der Waals surface area contributed by atoms with E-state index >= 15 is 0 Å². The van der Waals surface area contributed by atoms with Gasteiger partial charge in [-0.15, -0.1) is 10.2 Å². The minimum absolute atomic E-state index is 0.0547. The fourth-order valence-corrected chi connectivity index (χ4v) is 2.16. The Labute approximate surface area is 116 Å². The van der Waals surface area contributed by atoms with Crippen LogP contribution in [0.5, 0.6) is 0 Å². The Morgan fingerprint density at radius 3 is 2.85 bits per heavy atom. The Hall–Kier alpha value is -2.56. The van der Waals surface area contributed by atoms with Gasteiger partial charge >= 0.3 is 12.0 Å². The lowest BCUT2D eigenvalue weighted by Gasteiger charge is -2.38. The number of urea groups is 1. The molecule has 0 bridgehead atoms. The SMILES string of the molecule is O=C(O)c1cn(C2CN(C(=O)Nc3cnns3)C2)nn1. The summed E-state index contributed by atoms with van der Waals surface area (Å²) < 4.78 is 5.10. The number of carbonyl (C=O) groups excluding carboxylic acids is 1. The van der Waals surface area contributed by atoms with Gasteiger partial charge in [-0.25, -0.2) is 14.3 Å². The maximum Gasteiger partial charge on any atom is 0.358 e. The molecule has 11 heteroatoms. The summed E-state index contributed by atoms with van der Waals surface area (Å²) in [5.41, 5.74) is -0.108. The van der Waals surface area contributed by atoms with E-state index < -0.39 is 5.97 Å². The average Bonchev–Trinajstić information content (AvgIpc) is 2.97. The van der Waals surface area contributed by atoms with Gasteiger partial charge in [0.1, 0.15) is 5.00 Å². The first-order valence-electron chi connectivity index (χ1n) is 5.62. The Morgan fingerprint density at radius 2 is 2.25 bits per heavy atom. The molecule has 104 valence electrons. The van der Waals surface area contributed by atoms with Crippen LogP contribution in [0.25, 0.3) is 0 Å². The summed E-state index contributed by atoms with van der Waals surface area (Å²) in [5, 5.41) is 22.9. The Kier molecular flexibility index (Phi) is 3.02. The number of carboxylic acids is 1. The zero-order valence-corrected chi connectivity index (χ0v) is 10.8. The molecule has 1 aliphatic heterocycles. The maximum atomic E-state index is 11.8. The molecule has 10 nitrogen and oxygen atoms in total. The van der Waals surface area contributed by atoms with Crippen LogP contribution in [0.1, 0.15) is 16.5 Å². The second-order valence-corrected chi connectivity index (χ2v) is 4.95. The van der Waals surface area contributed by atoms with E-state index in [1.54, 1.807) is 4.90 Å². The molecule has 0 atom stereocenters. The predicted molar refractivity (Wildman–Crippen MR) is 66.5 cm³/mol. The summed E-state index contributed by atoms with van der Waals surface area (Å²) in [5.74, 6) is -1.12. The van der Waals surface area contributed by atoms with Gasteiger partial charge in [0.25, 0.3) is 0 Å². The highest BCUT2D eigenvalue weighted by atomic mass is 32.1. The van der Waals surface area contributed by atoms with E-state index in [4.69, 9.17) is 5.11 Å². The Bertz CT molecular complexity index is 634. The van der Waals surface area contributed by atoms with Crippen LogP contribution in [0.4, 0.5) is 9.80 Å². The summed E-state index contributed by atoms with van der Waals surface area (Å²) in [6.45, 7) is 0.890. The molecule has 0 unspecified atom stereocenters. The van der Waals surface area contributed by atoms with E-state index in [1.807, 2.05) is 0 Å². The number of amides is 2. The van der Waals surface area contributed by atoms with Gasteiger partial charge in [-0.2, -0.15) is 0 Å². The summed E-state index contributed by atoms with van der Waals surface area (Å²) >= 11 is 1.09. The van der Waals surface area contributed by atoms with E-state index in [1.165, 1.54) is 17.1 Å². The molecule has 3 heterocycles. The average molecular weight is 295 g/mol.